The fraction of sp³-hybridized carbons (Fsp3) is 0.692. The zero-order valence-electron chi connectivity index (χ0n) is 11.9. The number of carbonyl (C=O) groups excluding carboxylic acids is 2. The van der Waals surface area contributed by atoms with Crippen molar-refractivity contribution in [3.63, 3.8) is 0 Å². The molecule has 0 saturated heterocycles. The van der Waals surface area contributed by atoms with Gasteiger partial charge in [-0.3, -0.25) is 4.79 Å². The molecular formula is C13H20F3N3O2. The number of rotatable bonds is 5. The Kier molecular flexibility index (Phi) is 6.51. The van der Waals surface area contributed by atoms with Crippen LogP contribution in [0.25, 0.3) is 0 Å². The van der Waals surface area contributed by atoms with E-state index in [1.54, 1.807) is 0 Å². The molecule has 1 rings (SSSR count). The number of nitrogens with zero attached hydrogens (tertiary/aromatic N) is 1. The Morgan fingerprint density at radius 1 is 1.29 bits per heavy atom. The van der Waals surface area contributed by atoms with E-state index in [0.717, 1.165) is 26.3 Å². The molecule has 3 amide bonds. The van der Waals surface area contributed by atoms with Crippen molar-refractivity contribution in [1.82, 2.24) is 15.5 Å². The molecule has 0 saturated carbocycles. The molecule has 0 aromatic carbocycles. The van der Waals surface area contributed by atoms with Gasteiger partial charge in [0.1, 0.15) is 6.54 Å². The zero-order valence-corrected chi connectivity index (χ0v) is 11.9. The first-order chi connectivity index (χ1) is 9.78. The van der Waals surface area contributed by atoms with Crippen molar-refractivity contribution < 1.29 is 22.8 Å². The Morgan fingerprint density at radius 2 is 2.00 bits per heavy atom. The van der Waals surface area contributed by atoms with E-state index < -0.39 is 31.2 Å². The average molecular weight is 307 g/mol. The van der Waals surface area contributed by atoms with E-state index in [1.807, 2.05) is 0 Å². The topological polar surface area (TPSA) is 61.4 Å². The lowest BCUT2D eigenvalue weighted by atomic mass is 9.94. The number of hydrogen-bond acceptors (Lipinski definition) is 2. The molecular weight excluding hydrogens is 287 g/mol. The molecule has 0 aliphatic heterocycles. The lowest BCUT2D eigenvalue weighted by Gasteiger charge is -2.20. The summed E-state index contributed by atoms with van der Waals surface area (Å²) in [6.45, 7) is -1.30. The molecule has 1 aliphatic carbocycles. The largest absolute Gasteiger partial charge is 0.406 e. The molecule has 8 heteroatoms. The van der Waals surface area contributed by atoms with Gasteiger partial charge in [-0.05, 0) is 25.2 Å². The lowest BCUT2D eigenvalue weighted by Crippen LogP contribution is -2.45. The van der Waals surface area contributed by atoms with Gasteiger partial charge in [0.25, 0.3) is 0 Å². The Labute approximate surface area is 121 Å². The third-order valence-electron chi connectivity index (χ3n) is 3.17. The number of hydrogen-bond donors (Lipinski definition) is 2. The molecule has 0 radical (unpaired) electrons. The van der Waals surface area contributed by atoms with Crippen LogP contribution in [0.15, 0.2) is 12.2 Å². The maximum Gasteiger partial charge on any atom is 0.406 e. The third-order valence-corrected chi connectivity index (χ3v) is 3.17. The predicted molar refractivity (Wildman–Crippen MR) is 71.6 cm³/mol. The van der Waals surface area contributed by atoms with Crippen LogP contribution in [0.1, 0.15) is 19.3 Å². The molecule has 21 heavy (non-hydrogen) atoms. The Hall–Kier alpha value is -1.73. The third kappa shape index (κ3) is 7.57. The van der Waals surface area contributed by atoms with Crippen LogP contribution in [0.2, 0.25) is 0 Å². The van der Waals surface area contributed by atoms with Gasteiger partial charge in [0.2, 0.25) is 5.91 Å². The second-order valence-electron chi connectivity index (χ2n) is 5.08. The molecule has 1 unspecified atom stereocenters. The number of amides is 3. The van der Waals surface area contributed by atoms with Gasteiger partial charge in [-0.1, -0.05) is 12.2 Å². The van der Waals surface area contributed by atoms with E-state index in [1.165, 1.54) is 0 Å². The number of likely N-dealkylation sites (N-methyl/N-ethyl adjacent to an activating group) is 1. The number of allylic oxidation sites excluding steroid dienone is 2. The summed E-state index contributed by atoms with van der Waals surface area (Å²) in [4.78, 5) is 23.4. The van der Waals surface area contributed by atoms with Gasteiger partial charge in [-0.15, -0.1) is 0 Å². The van der Waals surface area contributed by atoms with E-state index in [4.69, 9.17) is 0 Å². The quantitative estimate of drug-likeness (QED) is 0.759. The van der Waals surface area contributed by atoms with Crippen molar-refractivity contribution >= 4 is 11.9 Å². The molecule has 0 heterocycles. The highest BCUT2D eigenvalue weighted by Gasteiger charge is 2.31. The molecule has 5 nitrogen and oxygen atoms in total. The van der Waals surface area contributed by atoms with Crippen LogP contribution in [-0.2, 0) is 4.79 Å². The van der Waals surface area contributed by atoms with Crippen molar-refractivity contribution in [3.8, 4) is 0 Å². The first kappa shape index (κ1) is 17.3. The van der Waals surface area contributed by atoms with E-state index in [-0.39, 0.29) is 0 Å². The number of urea groups is 1. The van der Waals surface area contributed by atoms with Gasteiger partial charge >= 0.3 is 12.2 Å². The minimum atomic E-state index is -4.44. The number of alkyl halides is 3. The van der Waals surface area contributed by atoms with Crippen LogP contribution in [0.5, 0.6) is 0 Å². The van der Waals surface area contributed by atoms with Crippen molar-refractivity contribution in [2.24, 2.45) is 5.92 Å². The summed E-state index contributed by atoms with van der Waals surface area (Å²) in [7, 11) is 1.05. The summed E-state index contributed by atoms with van der Waals surface area (Å²) >= 11 is 0. The standard InChI is InChI=1S/C13H20F3N3O2/c1-19(9-13(14,15)16)11(20)8-18-12(21)17-7-10-5-3-2-4-6-10/h2-3,10H,4-9H2,1H3,(H2,17,18,21). The fourth-order valence-electron chi connectivity index (χ4n) is 1.99. The molecule has 1 atom stereocenters. The van der Waals surface area contributed by atoms with Gasteiger partial charge in [0.15, 0.2) is 0 Å². The van der Waals surface area contributed by atoms with Crippen molar-refractivity contribution in [3.05, 3.63) is 12.2 Å². The van der Waals surface area contributed by atoms with Crippen molar-refractivity contribution in [2.75, 3.05) is 26.7 Å². The first-order valence-corrected chi connectivity index (χ1v) is 6.75. The van der Waals surface area contributed by atoms with Crippen LogP contribution >= 0.6 is 0 Å². The van der Waals surface area contributed by atoms with E-state index in [0.29, 0.717) is 17.4 Å². The summed E-state index contributed by atoms with van der Waals surface area (Å²) in [6, 6.07) is -0.543. The van der Waals surface area contributed by atoms with E-state index in [2.05, 4.69) is 22.8 Å². The maximum absolute atomic E-state index is 12.1. The molecule has 2 N–H and O–H groups in total. The Morgan fingerprint density at radius 3 is 2.57 bits per heavy atom. The van der Waals surface area contributed by atoms with Gasteiger partial charge in [0.05, 0.1) is 6.54 Å². The molecule has 0 aromatic rings. The highest BCUT2D eigenvalue weighted by atomic mass is 19.4. The van der Waals surface area contributed by atoms with Gasteiger partial charge < -0.3 is 15.5 Å². The SMILES string of the molecule is CN(CC(F)(F)F)C(=O)CNC(=O)NCC1CC=CCC1. The molecule has 0 aromatic heterocycles. The van der Waals surface area contributed by atoms with E-state index in [9.17, 15) is 22.8 Å². The molecule has 1 aliphatic rings. The van der Waals surface area contributed by atoms with Gasteiger partial charge in [0, 0.05) is 13.6 Å². The Balaban J connectivity index is 2.19. The number of nitrogens with one attached hydrogen (secondary N) is 2. The summed E-state index contributed by atoms with van der Waals surface area (Å²) < 4.78 is 36.3. The van der Waals surface area contributed by atoms with Gasteiger partial charge in [-0.25, -0.2) is 4.79 Å². The van der Waals surface area contributed by atoms with Gasteiger partial charge in [-0.2, -0.15) is 13.2 Å². The summed E-state index contributed by atoms with van der Waals surface area (Å²) in [5.41, 5.74) is 0. The normalized spacial score (nSPS) is 18.2. The minimum absolute atomic E-state index is 0.365. The van der Waals surface area contributed by atoms with Crippen LogP contribution < -0.4 is 10.6 Å². The summed E-state index contributed by atoms with van der Waals surface area (Å²) in [6.07, 6.45) is 2.57. The van der Waals surface area contributed by atoms with Crippen LogP contribution in [-0.4, -0.2) is 49.7 Å². The molecule has 0 fully saturated rings. The smallest absolute Gasteiger partial charge is 0.338 e. The monoisotopic (exact) mass is 307 g/mol. The first-order valence-electron chi connectivity index (χ1n) is 6.75. The van der Waals surface area contributed by atoms with E-state index >= 15 is 0 Å². The summed E-state index contributed by atoms with van der Waals surface area (Å²) in [5.74, 6) is -0.424. The van der Waals surface area contributed by atoms with Crippen molar-refractivity contribution in [1.29, 1.82) is 0 Å². The molecule has 120 valence electrons. The molecule has 0 bridgehead atoms. The Bertz CT molecular complexity index is 397. The minimum Gasteiger partial charge on any atom is -0.338 e. The zero-order chi connectivity index (χ0) is 15.9. The number of halogens is 3. The van der Waals surface area contributed by atoms with Crippen molar-refractivity contribution in [2.45, 2.75) is 25.4 Å². The lowest BCUT2D eigenvalue weighted by molar-refractivity contribution is -0.157. The molecule has 0 spiro atoms. The summed E-state index contributed by atoms with van der Waals surface area (Å²) in [5, 5.41) is 4.88. The average Bonchev–Trinajstić information content (AvgIpc) is 2.41. The highest BCUT2D eigenvalue weighted by Crippen LogP contribution is 2.17. The second kappa shape index (κ2) is 7.90. The number of carbonyl (C=O) groups is 2. The second-order valence-corrected chi connectivity index (χ2v) is 5.08. The van der Waals surface area contributed by atoms with Crippen LogP contribution in [0, 0.1) is 5.92 Å². The highest BCUT2D eigenvalue weighted by molar-refractivity contribution is 5.83. The fourth-order valence-corrected chi connectivity index (χ4v) is 1.99. The van der Waals surface area contributed by atoms with Crippen LogP contribution in [0.4, 0.5) is 18.0 Å². The maximum atomic E-state index is 12.1. The predicted octanol–water partition coefficient (Wildman–Crippen LogP) is 1.66. The van der Waals surface area contributed by atoms with Crippen LogP contribution in [0.3, 0.4) is 0 Å².